The van der Waals surface area contributed by atoms with Gasteiger partial charge >= 0.3 is 5.69 Å². The van der Waals surface area contributed by atoms with Crippen LogP contribution >= 0.6 is 11.3 Å². The fourth-order valence-corrected chi connectivity index (χ4v) is 4.95. The van der Waals surface area contributed by atoms with Crippen molar-refractivity contribution in [2.75, 3.05) is 19.6 Å². The Bertz CT molecular complexity index is 1100. The predicted molar refractivity (Wildman–Crippen MR) is 107 cm³/mol. The van der Waals surface area contributed by atoms with Gasteiger partial charge in [-0.15, -0.1) is 16.4 Å². The number of hydrogen-bond acceptors (Lipinski definition) is 5. The highest BCUT2D eigenvalue weighted by Crippen LogP contribution is 2.33. The van der Waals surface area contributed by atoms with Gasteiger partial charge in [0.2, 0.25) is 0 Å². The minimum Gasteiger partial charge on any atom is -0.301 e. The molecule has 138 valence electrons. The van der Waals surface area contributed by atoms with E-state index < -0.39 is 0 Å². The number of aromatic nitrogens is 4. The average molecular weight is 379 g/mol. The van der Waals surface area contributed by atoms with E-state index in [9.17, 15) is 4.79 Å². The maximum absolute atomic E-state index is 12.4. The van der Waals surface area contributed by atoms with Gasteiger partial charge in [0.15, 0.2) is 5.65 Å². The highest BCUT2D eigenvalue weighted by molar-refractivity contribution is 7.18. The SMILES string of the molecule is O=c1n(CCN2CCC(c3nc4ccccc4s3)CC2)nc2ccccn12. The summed E-state index contributed by atoms with van der Waals surface area (Å²) in [6.45, 7) is 3.58. The highest BCUT2D eigenvalue weighted by Gasteiger charge is 2.23. The van der Waals surface area contributed by atoms with Crippen LogP contribution in [0.1, 0.15) is 23.8 Å². The summed E-state index contributed by atoms with van der Waals surface area (Å²) in [7, 11) is 0. The van der Waals surface area contributed by atoms with Crippen LogP contribution in [-0.2, 0) is 6.54 Å². The van der Waals surface area contributed by atoms with Crippen molar-refractivity contribution in [3.8, 4) is 0 Å². The van der Waals surface area contributed by atoms with Crippen molar-refractivity contribution in [3.05, 3.63) is 64.2 Å². The molecule has 1 fully saturated rings. The Morgan fingerprint density at radius 2 is 1.85 bits per heavy atom. The topological polar surface area (TPSA) is 55.4 Å². The van der Waals surface area contributed by atoms with Gasteiger partial charge in [0.25, 0.3) is 0 Å². The molecule has 0 unspecified atom stereocenters. The summed E-state index contributed by atoms with van der Waals surface area (Å²) in [5.41, 5.74) is 1.76. The maximum atomic E-state index is 12.4. The van der Waals surface area contributed by atoms with Gasteiger partial charge in [-0.2, -0.15) is 0 Å². The van der Waals surface area contributed by atoms with Crippen molar-refractivity contribution >= 4 is 27.2 Å². The van der Waals surface area contributed by atoms with E-state index in [2.05, 4.69) is 34.3 Å². The van der Waals surface area contributed by atoms with Gasteiger partial charge in [-0.05, 0) is 50.2 Å². The van der Waals surface area contributed by atoms with Gasteiger partial charge in [0, 0.05) is 18.7 Å². The van der Waals surface area contributed by atoms with Gasteiger partial charge in [0.1, 0.15) is 0 Å². The highest BCUT2D eigenvalue weighted by atomic mass is 32.1. The fourth-order valence-electron chi connectivity index (χ4n) is 3.82. The third kappa shape index (κ3) is 3.17. The standard InChI is InChI=1S/C20H21N5OS/c26-20-24-10-4-3-7-18(24)22-25(20)14-13-23-11-8-15(9-12-23)19-21-16-5-1-2-6-17(16)27-19/h1-7,10,15H,8-9,11-14H2. The first-order chi connectivity index (χ1) is 13.3. The summed E-state index contributed by atoms with van der Waals surface area (Å²) in [4.78, 5) is 19.6. The Hall–Kier alpha value is -2.51. The molecule has 0 saturated carbocycles. The van der Waals surface area contributed by atoms with E-state index in [0.717, 1.165) is 38.0 Å². The van der Waals surface area contributed by atoms with E-state index in [4.69, 9.17) is 4.98 Å². The van der Waals surface area contributed by atoms with Crippen molar-refractivity contribution in [2.24, 2.45) is 0 Å². The zero-order valence-corrected chi connectivity index (χ0v) is 15.8. The summed E-state index contributed by atoms with van der Waals surface area (Å²) in [5.74, 6) is 0.552. The van der Waals surface area contributed by atoms with Gasteiger partial charge in [0.05, 0.1) is 21.8 Å². The summed E-state index contributed by atoms with van der Waals surface area (Å²) in [5, 5.41) is 5.69. The van der Waals surface area contributed by atoms with Crippen LogP contribution in [-0.4, -0.2) is 43.7 Å². The summed E-state index contributed by atoms with van der Waals surface area (Å²) >= 11 is 1.83. The average Bonchev–Trinajstić information content (AvgIpc) is 3.28. The second-order valence-corrected chi connectivity index (χ2v) is 8.13. The van der Waals surface area contributed by atoms with E-state index in [-0.39, 0.29) is 5.69 Å². The Kier molecular flexibility index (Phi) is 4.26. The van der Waals surface area contributed by atoms with Gasteiger partial charge < -0.3 is 4.90 Å². The molecular formula is C20H21N5OS. The fraction of sp³-hybridized carbons (Fsp3) is 0.350. The molecule has 5 rings (SSSR count). The molecule has 0 radical (unpaired) electrons. The molecule has 0 aliphatic carbocycles. The van der Waals surface area contributed by atoms with Crippen molar-refractivity contribution in [1.82, 2.24) is 24.1 Å². The smallest absolute Gasteiger partial charge is 0.301 e. The lowest BCUT2D eigenvalue weighted by molar-refractivity contribution is 0.202. The first-order valence-electron chi connectivity index (χ1n) is 9.40. The van der Waals surface area contributed by atoms with Crippen LogP contribution in [0, 0.1) is 0 Å². The number of nitrogens with zero attached hydrogens (tertiary/aromatic N) is 5. The molecule has 4 aromatic rings. The van der Waals surface area contributed by atoms with Gasteiger partial charge in [-0.25, -0.2) is 14.5 Å². The minimum absolute atomic E-state index is 0.0602. The lowest BCUT2D eigenvalue weighted by Gasteiger charge is -2.30. The van der Waals surface area contributed by atoms with Gasteiger partial charge in [-0.1, -0.05) is 18.2 Å². The van der Waals surface area contributed by atoms with Crippen LogP contribution in [0.25, 0.3) is 15.9 Å². The maximum Gasteiger partial charge on any atom is 0.350 e. The number of pyridine rings is 1. The van der Waals surface area contributed by atoms with Crippen LogP contribution in [0.2, 0.25) is 0 Å². The van der Waals surface area contributed by atoms with E-state index >= 15 is 0 Å². The quantitative estimate of drug-likeness (QED) is 0.547. The third-order valence-electron chi connectivity index (χ3n) is 5.36. The van der Waals surface area contributed by atoms with E-state index in [1.54, 1.807) is 15.3 Å². The lowest BCUT2D eigenvalue weighted by Crippen LogP contribution is -2.36. The van der Waals surface area contributed by atoms with Crippen molar-refractivity contribution in [1.29, 1.82) is 0 Å². The van der Waals surface area contributed by atoms with E-state index in [1.165, 1.54) is 9.71 Å². The first-order valence-corrected chi connectivity index (χ1v) is 10.2. The Labute approximate surface area is 160 Å². The van der Waals surface area contributed by atoms with Crippen molar-refractivity contribution < 1.29 is 0 Å². The second kappa shape index (κ2) is 6.90. The number of fused-ring (bicyclic) bond motifs is 2. The molecule has 0 atom stereocenters. The summed E-state index contributed by atoms with van der Waals surface area (Å²) < 4.78 is 4.45. The molecule has 3 aromatic heterocycles. The van der Waals surface area contributed by atoms with Crippen LogP contribution in [0.4, 0.5) is 0 Å². The number of benzene rings is 1. The number of rotatable bonds is 4. The second-order valence-electron chi connectivity index (χ2n) is 7.07. The van der Waals surface area contributed by atoms with Crippen molar-refractivity contribution in [3.63, 3.8) is 0 Å². The van der Waals surface area contributed by atoms with Gasteiger partial charge in [-0.3, -0.25) is 4.40 Å². The molecule has 0 N–H and O–H groups in total. The normalized spacial score (nSPS) is 16.4. The Morgan fingerprint density at radius 1 is 1.04 bits per heavy atom. The predicted octanol–water partition coefficient (Wildman–Crippen LogP) is 2.99. The summed E-state index contributed by atoms with van der Waals surface area (Å²) in [6.07, 6.45) is 4.02. The molecule has 0 amide bonds. The third-order valence-corrected chi connectivity index (χ3v) is 6.56. The molecule has 27 heavy (non-hydrogen) atoms. The van der Waals surface area contributed by atoms with Crippen LogP contribution in [0.15, 0.2) is 53.5 Å². The zero-order valence-electron chi connectivity index (χ0n) is 15.0. The molecule has 1 aromatic carbocycles. The van der Waals surface area contributed by atoms with Crippen molar-refractivity contribution in [2.45, 2.75) is 25.3 Å². The van der Waals surface area contributed by atoms with E-state index in [0.29, 0.717) is 18.1 Å². The molecule has 1 aliphatic heterocycles. The van der Waals surface area contributed by atoms with Crippen LogP contribution in [0.5, 0.6) is 0 Å². The largest absolute Gasteiger partial charge is 0.350 e. The Balaban J connectivity index is 1.21. The Morgan fingerprint density at radius 3 is 2.67 bits per heavy atom. The number of likely N-dealkylation sites (tertiary alicyclic amines) is 1. The van der Waals surface area contributed by atoms with Crippen LogP contribution in [0.3, 0.4) is 0 Å². The molecular weight excluding hydrogens is 358 g/mol. The lowest BCUT2D eigenvalue weighted by atomic mass is 9.97. The van der Waals surface area contributed by atoms with Crippen LogP contribution < -0.4 is 5.69 Å². The number of para-hydroxylation sites is 1. The molecule has 0 bridgehead atoms. The molecule has 4 heterocycles. The first kappa shape index (κ1) is 16.6. The molecule has 6 nitrogen and oxygen atoms in total. The molecule has 1 aliphatic rings. The monoisotopic (exact) mass is 379 g/mol. The zero-order chi connectivity index (χ0) is 18.2. The number of piperidine rings is 1. The summed E-state index contributed by atoms with van der Waals surface area (Å²) in [6, 6.07) is 14.0. The molecule has 7 heteroatoms. The molecule has 0 spiro atoms. The molecule has 1 saturated heterocycles. The number of hydrogen-bond donors (Lipinski definition) is 0. The minimum atomic E-state index is -0.0602. The number of thiazole rings is 1. The van der Waals surface area contributed by atoms with E-state index in [1.807, 2.05) is 29.5 Å².